The number of aromatic nitrogens is 1. The van der Waals surface area contributed by atoms with Crippen molar-refractivity contribution >= 4 is 5.82 Å². The minimum atomic E-state index is 0.649. The molecule has 1 saturated carbocycles. The summed E-state index contributed by atoms with van der Waals surface area (Å²) < 4.78 is 0. The third-order valence-electron chi connectivity index (χ3n) is 3.36. The van der Waals surface area contributed by atoms with E-state index in [1.807, 2.05) is 12.1 Å². The first-order valence-corrected chi connectivity index (χ1v) is 6.06. The van der Waals surface area contributed by atoms with E-state index < -0.39 is 0 Å². The Kier molecular flexibility index (Phi) is 3.59. The monoisotopic (exact) mass is 204 g/mol. The summed E-state index contributed by atoms with van der Waals surface area (Å²) in [5.41, 5.74) is 6.81. The van der Waals surface area contributed by atoms with Gasteiger partial charge in [-0.2, -0.15) is 0 Å². The lowest BCUT2D eigenvalue weighted by atomic mass is 9.86. The van der Waals surface area contributed by atoms with Gasteiger partial charge >= 0.3 is 0 Å². The van der Waals surface area contributed by atoms with E-state index in [1.165, 1.54) is 38.5 Å². The quantitative estimate of drug-likeness (QED) is 0.821. The highest BCUT2D eigenvalue weighted by Crippen LogP contribution is 2.27. The molecule has 1 aromatic heterocycles. The largest absolute Gasteiger partial charge is 0.384 e. The van der Waals surface area contributed by atoms with Gasteiger partial charge in [0.2, 0.25) is 0 Å². The van der Waals surface area contributed by atoms with Gasteiger partial charge in [-0.3, -0.25) is 0 Å². The normalized spacial score (nSPS) is 17.9. The fourth-order valence-corrected chi connectivity index (χ4v) is 2.47. The van der Waals surface area contributed by atoms with Crippen LogP contribution in [-0.4, -0.2) is 4.98 Å². The van der Waals surface area contributed by atoms with Gasteiger partial charge in [-0.05, 0) is 30.9 Å². The lowest BCUT2D eigenvalue weighted by Crippen LogP contribution is -2.08. The van der Waals surface area contributed by atoms with E-state index in [0.717, 1.165) is 18.0 Å². The molecule has 0 spiro atoms. The summed E-state index contributed by atoms with van der Waals surface area (Å²) >= 11 is 0. The molecular weight excluding hydrogens is 184 g/mol. The minimum Gasteiger partial charge on any atom is -0.384 e. The molecule has 0 radical (unpaired) electrons. The van der Waals surface area contributed by atoms with E-state index in [1.54, 1.807) is 0 Å². The van der Waals surface area contributed by atoms with Crippen LogP contribution in [0.1, 0.15) is 44.2 Å². The number of nitrogens with two attached hydrogens (primary N) is 1. The fourth-order valence-electron chi connectivity index (χ4n) is 2.47. The first kappa shape index (κ1) is 10.5. The summed E-state index contributed by atoms with van der Waals surface area (Å²) in [5, 5.41) is 0. The predicted molar refractivity (Wildman–Crippen MR) is 63.5 cm³/mol. The van der Waals surface area contributed by atoms with Crippen LogP contribution in [0.2, 0.25) is 0 Å². The van der Waals surface area contributed by atoms with Gasteiger partial charge in [0.25, 0.3) is 0 Å². The Bertz CT molecular complexity index is 303. The molecule has 1 aliphatic carbocycles. The first-order valence-electron chi connectivity index (χ1n) is 6.06. The van der Waals surface area contributed by atoms with Crippen molar-refractivity contribution < 1.29 is 0 Å². The summed E-state index contributed by atoms with van der Waals surface area (Å²) in [4.78, 5) is 4.34. The molecule has 82 valence electrons. The number of hydrogen-bond donors (Lipinski definition) is 1. The van der Waals surface area contributed by atoms with Crippen LogP contribution in [-0.2, 0) is 6.42 Å². The summed E-state index contributed by atoms with van der Waals surface area (Å²) in [6.45, 7) is 0. The Hall–Kier alpha value is -1.05. The highest BCUT2D eigenvalue weighted by molar-refractivity contribution is 5.28. The molecule has 2 rings (SSSR count). The van der Waals surface area contributed by atoms with E-state index in [2.05, 4.69) is 11.1 Å². The standard InChI is InChI=1S/C13H20N2/c14-13-8-4-7-12(15-13)10-9-11-5-2-1-3-6-11/h4,7-8,11H,1-3,5-6,9-10H2,(H2,14,15). The van der Waals surface area contributed by atoms with Crippen molar-refractivity contribution in [3.8, 4) is 0 Å². The van der Waals surface area contributed by atoms with Gasteiger partial charge in [-0.1, -0.05) is 38.2 Å². The number of aryl methyl sites for hydroxylation is 1. The Morgan fingerprint density at radius 3 is 2.73 bits per heavy atom. The molecule has 0 saturated heterocycles. The van der Waals surface area contributed by atoms with E-state index >= 15 is 0 Å². The zero-order chi connectivity index (χ0) is 10.5. The van der Waals surface area contributed by atoms with Crippen LogP contribution in [0, 0.1) is 5.92 Å². The minimum absolute atomic E-state index is 0.649. The number of nitrogen functional groups attached to an aromatic ring is 1. The lowest BCUT2D eigenvalue weighted by Gasteiger charge is -2.21. The van der Waals surface area contributed by atoms with E-state index in [9.17, 15) is 0 Å². The molecule has 1 fully saturated rings. The van der Waals surface area contributed by atoms with E-state index in [-0.39, 0.29) is 0 Å². The van der Waals surface area contributed by atoms with Gasteiger partial charge in [-0.15, -0.1) is 0 Å². The molecule has 2 N–H and O–H groups in total. The molecular formula is C13H20N2. The van der Waals surface area contributed by atoms with Crippen LogP contribution in [0.3, 0.4) is 0 Å². The molecule has 0 atom stereocenters. The lowest BCUT2D eigenvalue weighted by molar-refractivity contribution is 0.338. The maximum atomic E-state index is 5.66. The Labute approximate surface area is 91.9 Å². The molecule has 0 aromatic carbocycles. The fraction of sp³-hybridized carbons (Fsp3) is 0.615. The maximum absolute atomic E-state index is 5.66. The predicted octanol–water partition coefficient (Wildman–Crippen LogP) is 3.18. The Morgan fingerprint density at radius 2 is 2.00 bits per heavy atom. The van der Waals surface area contributed by atoms with Gasteiger partial charge in [0.15, 0.2) is 0 Å². The van der Waals surface area contributed by atoms with Crippen LogP contribution in [0.4, 0.5) is 5.82 Å². The molecule has 1 aliphatic rings. The van der Waals surface area contributed by atoms with Crippen LogP contribution in [0.25, 0.3) is 0 Å². The van der Waals surface area contributed by atoms with Crippen molar-refractivity contribution in [1.29, 1.82) is 0 Å². The summed E-state index contributed by atoms with van der Waals surface area (Å²) in [5.74, 6) is 1.58. The molecule has 0 aliphatic heterocycles. The van der Waals surface area contributed by atoms with Crippen molar-refractivity contribution in [1.82, 2.24) is 4.98 Å². The SMILES string of the molecule is Nc1cccc(CCC2CCCCC2)n1. The third kappa shape index (κ3) is 3.22. The maximum Gasteiger partial charge on any atom is 0.123 e. The Balaban J connectivity index is 1.81. The Morgan fingerprint density at radius 1 is 1.20 bits per heavy atom. The topological polar surface area (TPSA) is 38.9 Å². The third-order valence-corrected chi connectivity index (χ3v) is 3.36. The highest BCUT2D eigenvalue weighted by Gasteiger charge is 2.13. The summed E-state index contributed by atoms with van der Waals surface area (Å²) in [7, 11) is 0. The number of nitrogens with zero attached hydrogens (tertiary/aromatic N) is 1. The van der Waals surface area contributed by atoms with Crippen LogP contribution in [0.5, 0.6) is 0 Å². The molecule has 2 heteroatoms. The number of hydrogen-bond acceptors (Lipinski definition) is 2. The van der Waals surface area contributed by atoms with Crippen LogP contribution >= 0.6 is 0 Å². The van der Waals surface area contributed by atoms with E-state index in [0.29, 0.717) is 5.82 Å². The first-order chi connectivity index (χ1) is 7.34. The van der Waals surface area contributed by atoms with Crippen molar-refractivity contribution in [3.05, 3.63) is 23.9 Å². The number of anilines is 1. The summed E-state index contributed by atoms with van der Waals surface area (Å²) in [6, 6.07) is 5.93. The van der Waals surface area contributed by atoms with Gasteiger partial charge in [0, 0.05) is 5.69 Å². The second kappa shape index (κ2) is 5.15. The zero-order valence-corrected chi connectivity index (χ0v) is 9.28. The van der Waals surface area contributed by atoms with Crippen molar-refractivity contribution in [2.75, 3.05) is 5.73 Å². The molecule has 1 aromatic rings. The molecule has 0 amide bonds. The smallest absolute Gasteiger partial charge is 0.123 e. The van der Waals surface area contributed by atoms with Crippen LogP contribution < -0.4 is 5.73 Å². The summed E-state index contributed by atoms with van der Waals surface area (Å²) in [6.07, 6.45) is 9.51. The highest BCUT2D eigenvalue weighted by atomic mass is 14.8. The van der Waals surface area contributed by atoms with Crippen molar-refractivity contribution in [2.45, 2.75) is 44.9 Å². The average Bonchev–Trinajstić information content (AvgIpc) is 2.28. The number of pyridine rings is 1. The second-order valence-electron chi connectivity index (χ2n) is 4.60. The van der Waals surface area contributed by atoms with E-state index in [4.69, 9.17) is 5.73 Å². The van der Waals surface area contributed by atoms with Crippen LogP contribution in [0.15, 0.2) is 18.2 Å². The molecule has 2 nitrogen and oxygen atoms in total. The zero-order valence-electron chi connectivity index (χ0n) is 9.28. The van der Waals surface area contributed by atoms with Crippen molar-refractivity contribution in [2.24, 2.45) is 5.92 Å². The van der Waals surface area contributed by atoms with Gasteiger partial charge < -0.3 is 5.73 Å². The molecule has 1 heterocycles. The van der Waals surface area contributed by atoms with Gasteiger partial charge in [0.05, 0.1) is 0 Å². The van der Waals surface area contributed by atoms with Gasteiger partial charge in [0.1, 0.15) is 5.82 Å². The molecule has 0 bridgehead atoms. The van der Waals surface area contributed by atoms with Gasteiger partial charge in [-0.25, -0.2) is 4.98 Å². The number of rotatable bonds is 3. The average molecular weight is 204 g/mol. The molecule has 15 heavy (non-hydrogen) atoms. The van der Waals surface area contributed by atoms with Crippen molar-refractivity contribution in [3.63, 3.8) is 0 Å². The second-order valence-corrected chi connectivity index (χ2v) is 4.60. The molecule has 0 unspecified atom stereocenters.